The number of amides is 2. The summed E-state index contributed by atoms with van der Waals surface area (Å²) in [6.45, 7) is 0. The average Bonchev–Trinajstić information content (AvgIpc) is 3.50. The fourth-order valence-corrected chi connectivity index (χ4v) is 6.14. The quantitative estimate of drug-likeness (QED) is 0.173. The summed E-state index contributed by atoms with van der Waals surface area (Å²) in [5.41, 5.74) is 5.89. The number of β-lactam (4-membered cyclic amide) rings is 1. The molecule has 12 nitrogen and oxygen atoms in total. The van der Waals surface area contributed by atoms with Crippen molar-refractivity contribution in [2.24, 2.45) is 5.16 Å². The minimum absolute atomic E-state index is 0. The molecule has 0 unspecified atom stereocenters. The molecule has 2 amide bonds. The Kier molecular flexibility index (Phi) is 8.75. The fourth-order valence-electron chi connectivity index (χ4n) is 3.31. The normalized spacial score (nSPS) is 19.4. The number of carboxylic acid groups (broad SMARTS) is 1. The molecule has 180 valence electrons. The zero-order chi connectivity index (χ0) is 24.4. The van der Waals surface area contributed by atoms with Gasteiger partial charge in [-0.3, -0.25) is 19.3 Å². The van der Waals surface area contributed by atoms with Crippen LogP contribution in [-0.4, -0.2) is 73.6 Å². The molecule has 35 heavy (non-hydrogen) atoms. The number of hydrogen-bond acceptors (Lipinski definition) is 12. The molecule has 1 fully saturated rings. The molecular weight excluding hydrogens is 572 g/mol. The Balaban J connectivity index is 0.00000342. The van der Waals surface area contributed by atoms with E-state index < -0.39 is 29.2 Å². The van der Waals surface area contributed by atoms with E-state index in [9.17, 15) is 24.3 Å². The summed E-state index contributed by atoms with van der Waals surface area (Å²) in [5.74, 6) is -2.08. The number of oxime groups is 1. The number of aromatic nitrogens is 1. The van der Waals surface area contributed by atoms with Gasteiger partial charge in [-0.1, -0.05) is 16.9 Å². The molecule has 0 radical (unpaired) electrons. The smallest absolute Gasteiger partial charge is 0.352 e. The van der Waals surface area contributed by atoms with Crippen molar-refractivity contribution in [3.8, 4) is 0 Å². The summed E-state index contributed by atoms with van der Waals surface area (Å²) in [7, 11) is 1.26. The van der Waals surface area contributed by atoms with Crippen LogP contribution < -0.4 is 11.1 Å². The van der Waals surface area contributed by atoms with Crippen LogP contribution in [0.2, 0.25) is 0 Å². The summed E-state index contributed by atoms with van der Waals surface area (Å²) < 4.78 is 5.05. The zero-order valence-electron chi connectivity index (χ0n) is 18.1. The summed E-state index contributed by atoms with van der Waals surface area (Å²) in [4.78, 5) is 59.6. The Hall–Kier alpha value is -2.68. The first-order valence-corrected chi connectivity index (χ1v) is 12.5. The third-order valence-corrected chi connectivity index (χ3v) is 7.77. The maximum absolute atomic E-state index is 12.8. The molecule has 0 aliphatic carbocycles. The van der Waals surface area contributed by atoms with Crippen molar-refractivity contribution < 1.29 is 53.0 Å². The number of carbonyl (C=O) groups is 4. The molecule has 2 aromatic rings. The summed E-state index contributed by atoms with van der Waals surface area (Å²) in [6, 6.07) is 2.13. The molecule has 2 aromatic heterocycles. The topological polar surface area (TPSA) is 177 Å². The van der Waals surface area contributed by atoms with Crippen LogP contribution in [0.1, 0.15) is 16.2 Å². The molecule has 2 atom stereocenters. The van der Waals surface area contributed by atoms with Crippen molar-refractivity contribution in [2.75, 3.05) is 24.3 Å². The zero-order valence-corrected chi connectivity index (χ0v) is 23.5. The molecule has 4 N–H and O–H groups in total. The van der Waals surface area contributed by atoms with E-state index >= 15 is 0 Å². The van der Waals surface area contributed by atoms with Gasteiger partial charge in [-0.05, 0) is 17.7 Å². The van der Waals surface area contributed by atoms with Crippen LogP contribution in [0.4, 0.5) is 5.13 Å². The van der Waals surface area contributed by atoms with Crippen LogP contribution in [0.15, 0.2) is 44.6 Å². The van der Waals surface area contributed by atoms with Gasteiger partial charge in [-0.2, -0.15) is 0 Å². The second-order valence-corrected chi connectivity index (χ2v) is 9.81. The van der Waals surface area contributed by atoms with E-state index in [0.29, 0.717) is 5.57 Å². The van der Waals surface area contributed by atoms with Crippen LogP contribution in [0.3, 0.4) is 0 Å². The van der Waals surface area contributed by atoms with Crippen molar-refractivity contribution in [2.45, 2.75) is 11.4 Å². The van der Waals surface area contributed by atoms with E-state index in [1.807, 2.05) is 0 Å². The van der Waals surface area contributed by atoms with Crippen molar-refractivity contribution >= 4 is 68.6 Å². The molecule has 2 aliphatic rings. The number of carboxylic acids is 1. The SMILES string of the molecule is CO/N=C(\C(=O)N[C@@H]1C(=O)N2C(C(=O)O)=C(CSC(=O)c3ccco3)CS[C@H]12)c1csc(N)n1.[Zn]. The first-order valence-electron chi connectivity index (χ1n) is 9.55. The number of nitrogens with one attached hydrogen (secondary N) is 1. The van der Waals surface area contributed by atoms with Crippen LogP contribution in [0.25, 0.3) is 0 Å². The van der Waals surface area contributed by atoms with E-state index in [0.717, 1.165) is 28.0 Å². The largest absolute Gasteiger partial charge is 0.477 e. The Morgan fingerprint density at radius 2 is 2.23 bits per heavy atom. The molecule has 0 spiro atoms. The van der Waals surface area contributed by atoms with Crippen molar-refractivity contribution in [1.29, 1.82) is 0 Å². The number of thiazole rings is 1. The maximum atomic E-state index is 12.8. The molecule has 2 aliphatic heterocycles. The second-order valence-electron chi connectivity index (χ2n) is 6.87. The molecule has 0 aromatic carbocycles. The predicted octanol–water partition coefficient (Wildman–Crippen LogP) is 0.978. The Morgan fingerprint density at radius 1 is 1.46 bits per heavy atom. The molecule has 4 rings (SSSR count). The van der Waals surface area contributed by atoms with Crippen LogP contribution in [0.5, 0.6) is 0 Å². The van der Waals surface area contributed by atoms with E-state index in [1.165, 1.54) is 36.6 Å². The number of nitrogens with zero attached hydrogens (tertiary/aromatic N) is 3. The minimum Gasteiger partial charge on any atom is -0.477 e. The molecule has 1 saturated heterocycles. The number of rotatable bonds is 8. The first kappa shape index (κ1) is 26.9. The third kappa shape index (κ3) is 5.45. The number of thioether (sulfide) groups is 2. The second kappa shape index (κ2) is 11.4. The number of carbonyl (C=O) groups excluding carboxylic acids is 3. The Labute approximate surface area is 223 Å². The van der Waals surface area contributed by atoms with Crippen molar-refractivity contribution in [3.63, 3.8) is 0 Å². The van der Waals surface area contributed by atoms with Gasteiger partial charge in [0.15, 0.2) is 16.6 Å². The molecule has 0 saturated carbocycles. The van der Waals surface area contributed by atoms with Crippen LogP contribution in [-0.2, 0) is 38.7 Å². The molecule has 0 bridgehead atoms. The van der Waals surface area contributed by atoms with E-state index in [4.69, 9.17) is 15.0 Å². The third-order valence-electron chi connectivity index (χ3n) is 4.80. The number of aliphatic carboxylic acids is 1. The Bertz CT molecular complexity index is 1210. The van der Waals surface area contributed by atoms with Gasteiger partial charge in [0.2, 0.25) is 0 Å². The predicted molar refractivity (Wildman–Crippen MR) is 125 cm³/mol. The van der Waals surface area contributed by atoms with Gasteiger partial charge in [-0.15, -0.1) is 23.1 Å². The van der Waals surface area contributed by atoms with Crippen molar-refractivity contribution in [3.05, 3.63) is 46.5 Å². The van der Waals surface area contributed by atoms with Gasteiger partial charge >= 0.3 is 5.97 Å². The van der Waals surface area contributed by atoms with Gasteiger partial charge in [0.05, 0.1) is 6.26 Å². The maximum Gasteiger partial charge on any atom is 0.352 e. The van der Waals surface area contributed by atoms with Crippen LogP contribution in [0, 0.1) is 0 Å². The van der Waals surface area contributed by atoms with Gasteiger partial charge < -0.3 is 25.4 Å². The monoisotopic (exact) mass is 587 g/mol. The van der Waals surface area contributed by atoms with Crippen LogP contribution >= 0.6 is 34.9 Å². The summed E-state index contributed by atoms with van der Waals surface area (Å²) >= 11 is 3.29. The van der Waals surface area contributed by atoms with E-state index in [2.05, 4.69) is 15.5 Å². The number of nitrogen functional groups attached to an aromatic ring is 1. The van der Waals surface area contributed by atoms with Gasteiger partial charge in [0.1, 0.15) is 29.9 Å². The number of anilines is 1. The van der Waals surface area contributed by atoms with Gasteiger partial charge in [-0.25, -0.2) is 9.78 Å². The fraction of sp³-hybridized carbons (Fsp3) is 0.263. The van der Waals surface area contributed by atoms with Gasteiger partial charge in [0.25, 0.3) is 16.9 Å². The number of fused-ring (bicyclic) bond motifs is 1. The summed E-state index contributed by atoms with van der Waals surface area (Å²) in [5, 5.41) is 16.8. The van der Waals surface area contributed by atoms with Crippen molar-refractivity contribution in [1.82, 2.24) is 15.2 Å². The number of hydrogen-bond donors (Lipinski definition) is 3. The minimum atomic E-state index is -1.29. The van der Waals surface area contributed by atoms with E-state index in [1.54, 1.807) is 6.07 Å². The molecule has 4 heterocycles. The van der Waals surface area contributed by atoms with Gasteiger partial charge in [0, 0.05) is 36.4 Å². The Morgan fingerprint density at radius 3 is 2.83 bits per heavy atom. The number of furan rings is 1. The summed E-state index contributed by atoms with van der Waals surface area (Å²) in [6.07, 6.45) is 1.37. The standard InChI is InChI=1S/C19H17N5O7S3.Zn/c1-30-23-11(9-7-34-19(20)21-9)14(25)22-12-15(26)24-13(17(27)28)8(5-32-16(12)24)6-33-18(29)10-3-2-4-31-10;/h2-4,7,12,16H,5-6H2,1H3,(H2,20,21)(H,22,25)(H,27,28);/b23-11-;/t12-,16-;/m1./s1. The average molecular weight is 589 g/mol. The molecular formula is C19H17N5O7S3Zn. The number of nitrogens with two attached hydrogens (primary N) is 1. The first-order chi connectivity index (χ1) is 16.3. The molecule has 16 heteroatoms. The van der Waals surface area contributed by atoms with E-state index in [-0.39, 0.29) is 64.1 Å².